The number of carbonyl (C=O) groups excluding carboxylic acids is 2. The van der Waals surface area contributed by atoms with E-state index in [2.05, 4.69) is 0 Å². The molecule has 8 nitrogen and oxygen atoms in total. The first-order valence-corrected chi connectivity index (χ1v) is 11.5. The molecule has 1 aromatic carbocycles. The van der Waals surface area contributed by atoms with Gasteiger partial charge in [-0.25, -0.2) is 4.79 Å². The van der Waals surface area contributed by atoms with Crippen molar-refractivity contribution in [3.8, 4) is 5.75 Å². The highest BCUT2D eigenvalue weighted by molar-refractivity contribution is 5.89. The molecule has 2 aliphatic carbocycles. The molecular weight excluding hydrogens is 428 g/mol. The molecule has 8 atom stereocenters. The van der Waals surface area contributed by atoms with Gasteiger partial charge in [-0.3, -0.25) is 4.79 Å². The topological polar surface area (TPSA) is 115 Å². The van der Waals surface area contributed by atoms with E-state index in [0.29, 0.717) is 17.7 Å². The van der Waals surface area contributed by atoms with E-state index in [9.17, 15) is 19.8 Å². The fraction of sp³-hybridized carbons (Fsp3) is 0.680. The van der Waals surface area contributed by atoms with Crippen molar-refractivity contribution in [2.75, 3.05) is 7.11 Å². The number of carbonyl (C=O) groups is 2. The van der Waals surface area contributed by atoms with E-state index in [1.54, 1.807) is 38.3 Å². The number of aliphatic hydroxyl groups excluding tert-OH is 1. The van der Waals surface area contributed by atoms with Crippen molar-refractivity contribution < 1.29 is 38.7 Å². The number of rotatable bonds is 5. The van der Waals surface area contributed by atoms with Crippen LogP contribution in [0.1, 0.15) is 57.8 Å². The summed E-state index contributed by atoms with van der Waals surface area (Å²) in [6.07, 6.45) is -2.56. The monoisotopic (exact) mass is 462 g/mol. The summed E-state index contributed by atoms with van der Waals surface area (Å²) in [7, 11) is 1.55. The maximum absolute atomic E-state index is 13.1. The molecule has 2 saturated carbocycles. The number of fused-ring (bicyclic) bond motifs is 2. The molecule has 8 heteroatoms. The Morgan fingerprint density at radius 1 is 1.12 bits per heavy atom. The lowest BCUT2D eigenvalue weighted by molar-refractivity contribution is -0.168. The molecule has 0 spiro atoms. The highest BCUT2D eigenvalue weighted by atomic mass is 16.6. The van der Waals surface area contributed by atoms with Crippen LogP contribution < -0.4 is 4.74 Å². The van der Waals surface area contributed by atoms with E-state index in [0.717, 1.165) is 0 Å². The van der Waals surface area contributed by atoms with Crippen molar-refractivity contribution in [1.29, 1.82) is 0 Å². The molecule has 0 aromatic heterocycles. The van der Waals surface area contributed by atoms with E-state index in [4.69, 9.17) is 18.9 Å². The Labute approximate surface area is 194 Å². The van der Waals surface area contributed by atoms with Crippen LogP contribution in [0.3, 0.4) is 0 Å². The Kier molecular flexibility index (Phi) is 5.78. The van der Waals surface area contributed by atoms with Crippen molar-refractivity contribution in [3.05, 3.63) is 29.8 Å². The Morgan fingerprint density at radius 3 is 2.30 bits per heavy atom. The molecule has 0 radical (unpaired) electrons. The van der Waals surface area contributed by atoms with Gasteiger partial charge in [0.2, 0.25) is 0 Å². The van der Waals surface area contributed by atoms with Gasteiger partial charge in [-0.2, -0.15) is 0 Å². The molecule has 2 N–H and O–H groups in total. The van der Waals surface area contributed by atoms with Crippen LogP contribution in [0, 0.1) is 17.3 Å². The Balaban J connectivity index is 1.75. The average molecular weight is 463 g/mol. The van der Waals surface area contributed by atoms with Gasteiger partial charge < -0.3 is 29.2 Å². The van der Waals surface area contributed by atoms with Crippen molar-refractivity contribution in [2.24, 2.45) is 17.3 Å². The summed E-state index contributed by atoms with van der Waals surface area (Å²) >= 11 is 0. The van der Waals surface area contributed by atoms with Crippen LogP contribution in [-0.4, -0.2) is 64.9 Å². The van der Waals surface area contributed by atoms with Crippen LogP contribution in [0.25, 0.3) is 0 Å². The van der Waals surface area contributed by atoms with Gasteiger partial charge in [0, 0.05) is 31.1 Å². The van der Waals surface area contributed by atoms with Gasteiger partial charge in [0.15, 0.2) is 0 Å². The summed E-state index contributed by atoms with van der Waals surface area (Å²) in [5.41, 5.74) is -2.75. The third-order valence-electron chi connectivity index (χ3n) is 8.15. The fourth-order valence-electron chi connectivity index (χ4n) is 6.15. The molecule has 0 amide bonds. The number of ether oxygens (including phenoxy) is 4. The molecule has 0 unspecified atom stereocenters. The standard InChI is InChI=1S/C25H34O8/c1-13(2)25(29)12-18(31-14(3)26)24(5)19(25)17(11-23(4)21(33-23)20(24)27)32-22(28)15-7-9-16(30-6)10-8-15/h7-10,13,17-21,27,29H,11-12H2,1-6H3/t17-,18+,19+,20-,21-,23+,24-,25+/m0/s1. The lowest BCUT2D eigenvalue weighted by Gasteiger charge is -2.45. The second-order valence-electron chi connectivity index (χ2n) is 10.5. The zero-order valence-electron chi connectivity index (χ0n) is 20.0. The maximum atomic E-state index is 13.1. The number of methoxy groups -OCH3 is 1. The second-order valence-corrected chi connectivity index (χ2v) is 10.5. The normalized spacial score (nSPS) is 41.5. The lowest BCUT2D eigenvalue weighted by Crippen LogP contribution is -2.55. The first kappa shape index (κ1) is 24.0. The molecular formula is C25H34O8. The molecule has 1 saturated heterocycles. The minimum atomic E-state index is -1.33. The molecule has 1 heterocycles. The predicted molar refractivity (Wildman–Crippen MR) is 118 cm³/mol. The van der Waals surface area contributed by atoms with Crippen molar-refractivity contribution in [3.63, 3.8) is 0 Å². The highest BCUT2D eigenvalue weighted by Gasteiger charge is 2.75. The number of epoxide rings is 1. The van der Waals surface area contributed by atoms with Gasteiger partial charge in [-0.05, 0) is 37.1 Å². The van der Waals surface area contributed by atoms with Crippen LogP contribution >= 0.6 is 0 Å². The first-order valence-electron chi connectivity index (χ1n) is 11.5. The largest absolute Gasteiger partial charge is 0.497 e. The maximum Gasteiger partial charge on any atom is 0.338 e. The smallest absolute Gasteiger partial charge is 0.338 e. The van der Waals surface area contributed by atoms with E-state index < -0.39 is 58.9 Å². The van der Waals surface area contributed by atoms with Gasteiger partial charge in [0.25, 0.3) is 0 Å². The quantitative estimate of drug-likeness (QED) is 0.507. The number of hydrogen-bond donors (Lipinski definition) is 2. The van der Waals surface area contributed by atoms with E-state index in [1.807, 2.05) is 20.8 Å². The minimum Gasteiger partial charge on any atom is -0.497 e. The first-order chi connectivity index (χ1) is 15.4. The number of esters is 2. The zero-order valence-corrected chi connectivity index (χ0v) is 20.0. The summed E-state index contributed by atoms with van der Waals surface area (Å²) in [6.45, 7) is 8.75. The number of benzene rings is 1. The van der Waals surface area contributed by atoms with Crippen LogP contribution in [-0.2, 0) is 19.0 Å². The predicted octanol–water partition coefficient (Wildman–Crippen LogP) is 2.49. The minimum absolute atomic E-state index is 0.141. The lowest BCUT2D eigenvalue weighted by atomic mass is 9.66. The fourth-order valence-corrected chi connectivity index (χ4v) is 6.15. The molecule has 33 heavy (non-hydrogen) atoms. The van der Waals surface area contributed by atoms with Crippen LogP contribution in [0.15, 0.2) is 24.3 Å². The van der Waals surface area contributed by atoms with Crippen LogP contribution in [0.4, 0.5) is 0 Å². The second kappa shape index (κ2) is 7.96. The van der Waals surface area contributed by atoms with Gasteiger partial charge >= 0.3 is 11.9 Å². The summed E-state index contributed by atoms with van der Waals surface area (Å²) in [6, 6.07) is 6.59. The van der Waals surface area contributed by atoms with Gasteiger partial charge in [-0.1, -0.05) is 20.8 Å². The summed E-state index contributed by atoms with van der Waals surface area (Å²) < 4.78 is 22.7. The van der Waals surface area contributed by atoms with Crippen LogP contribution in [0.2, 0.25) is 0 Å². The van der Waals surface area contributed by atoms with Crippen molar-refractivity contribution >= 4 is 11.9 Å². The van der Waals surface area contributed by atoms with Crippen molar-refractivity contribution in [1.82, 2.24) is 0 Å². The third-order valence-corrected chi connectivity index (χ3v) is 8.15. The average Bonchev–Trinajstić information content (AvgIpc) is 3.36. The highest BCUT2D eigenvalue weighted by Crippen LogP contribution is 2.64. The number of hydrogen-bond acceptors (Lipinski definition) is 8. The summed E-state index contributed by atoms with van der Waals surface area (Å²) in [4.78, 5) is 25.1. The van der Waals surface area contributed by atoms with Crippen molar-refractivity contribution in [2.45, 2.75) is 83.1 Å². The van der Waals surface area contributed by atoms with E-state index >= 15 is 0 Å². The Hall–Kier alpha value is -2.16. The van der Waals surface area contributed by atoms with Crippen LogP contribution in [0.5, 0.6) is 5.75 Å². The Morgan fingerprint density at radius 2 is 1.76 bits per heavy atom. The molecule has 3 aliphatic rings. The van der Waals surface area contributed by atoms with Gasteiger partial charge in [-0.15, -0.1) is 0 Å². The van der Waals surface area contributed by atoms with E-state index in [-0.39, 0.29) is 12.3 Å². The molecule has 0 bridgehead atoms. The molecule has 1 aromatic rings. The Bertz CT molecular complexity index is 929. The SMILES string of the molecule is COc1ccc(C(=O)O[C@H]2C[C@@]3(C)O[C@H]3[C@H](O)[C@]3(C)[C@@H]2[C@](O)(C(C)C)C[C@H]3OC(C)=O)cc1. The van der Waals surface area contributed by atoms with E-state index in [1.165, 1.54) is 6.92 Å². The third kappa shape index (κ3) is 3.72. The molecule has 182 valence electrons. The zero-order chi connectivity index (χ0) is 24.3. The van der Waals surface area contributed by atoms with Gasteiger partial charge in [0.05, 0.1) is 30.0 Å². The number of aliphatic hydroxyl groups is 2. The van der Waals surface area contributed by atoms with Gasteiger partial charge in [0.1, 0.15) is 24.1 Å². The summed E-state index contributed by atoms with van der Waals surface area (Å²) in [5, 5.41) is 23.3. The molecule has 1 aliphatic heterocycles. The molecule has 3 fully saturated rings. The summed E-state index contributed by atoms with van der Waals surface area (Å²) in [5.74, 6) is -1.31. The molecule has 4 rings (SSSR count).